The standard InChI is InChI=1S/C22H34N6O11/c1-11(29)26-16(21(34)24-7-6-8-25-28-23)9-36-22-18(27-12(2)30)20(38-15(5)33)19(37-14(4)32)17(39-22)10-35-13(3)31/h16-20,22H,6-10H2,1-5H3,(H,24,34)(H,26,29)(H,27,30)/t16-,17+,18+,19-,20+,22-/m0/s1. The highest BCUT2D eigenvalue weighted by Crippen LogP contribution is 2.28. The Morgan fingerprint density at radius 1 is 0.949 bits per heavy atom. The number of nitrogens with one attached hydrogen (secondary N) is 3. The van der Waals surface area contributed by atoms with Gasteiger partial charge in [0.2, 0.25) is 17.7 Å². The maximum absolute atomic E-state index is 12.7. The summed E-state index contributed by atoms with van der Waals surface area (Å²) in [5.74, 6) is -3.97. The molecule has 0 bridgehead atoms. The van der Waals surface area contributed by atoms with Crippen LogP contribution in [0.4, 0.5) is 0 Å². The van der Waals surface area contributed by atoms with Gasteiger partial charge < -0.3 is 39.6 Å². The Kier molecular flexibility index (Phi) is 14.3. The monoisotopic (exact) mass is 558 g/mol. The van der Waals surface area contributed by atoms with Gasteiger partial charge in [0.25, 0.3) is 0 Å². The molecule has 1 rings (SSSR count). The van der Waals surface area contributed by atoms with Gasteiger partial charge in [-0.3, -0.25) is 28.8 Å². The number of esters is 3. The van der Waals surface area contributed by atoms with E-state index < -0.39 is 85.5 Å². The van der Waals surface area contributed by atoms with Crippen LogP contribution in [-0.2, 0) is 52.5 Å². The molecule has 3 N–H and O–H groups in total. The molecule has 1 aliphatic heterocycles. The maximum atomic E-state index is 12.7. The average Bonchev–Trinajstić information content (AvgIpc) is 2.82. The van der Waals surface area contributed by atoms with Crippen molar-refractivity contribution in [2.24, 2.45) is 5.11 Å². The molecular formula is C22H34N6O11. The second kappa shape index (κ2) is 16.8. The van der Waals surface area contributed by atoms with Gasteiger partial charge in [-0.15, -0.1) is 0 Å². The van der Waals surface area contributed by atoms with E-state index in [0.717, 1.165) is 20.8 Å². The van der Waals surface area contributed by atoms with Crippen LogP contribution in [0.15, 0.2) is 5.11 Å². The van der Waals surface area contributed by atoms with E-state index in [4.69, 9.17) is 29.2 Å². The normalized spacial score (nSPS) is 22.7. The van der Waals surface area contributed by atoms with Gasteiger partial charge in [-0.25, -0.2) is 0 Å². The van der Waals surface area contributed by atoms with Crippen molar-refractivity contribution in [3.8, 4) is 0 Å². The average molecular weight is 559 g/mol. The molecule has 17 nitrogen and oxygen atoms in total. The molecule has 0 unspecified atom stereocenters. The van der Waals surface area contributed by atoms with Crippen molar-refractivity contribution < 1.29 is 52.5 Å². The second-order valence-corrected chi connectivity index (χ2v) is 8.41. The third kappa shape index (κ3) is 12.4. The van der Waals surface area contributed by atoms with Crippen molar-refractivity contribution in [3.05, 3.63) is 10.4 Å². The highest BCUT2D eigenvalue weighted by Gasteiger charge is 2.51. The lowest BCUT2D eigenvalue weighted by Crippen LogP contribution is -2.67. The van der Waals surface area contributed by atoms with Gasteiger partial charge in [0, 0.05) is 52.6 Å². The van der Waals surface area contributed by atoms with Gasteiger partial charge in [0.05, 0.1) is 6.61 Å². The summed E-state index contributed by atoms with van der Waals surface area (Å²) < 4.78 is 27.3. The Labute approximate surface area is 224 Å². The van der Waals surface area contributed by atoms with Crippen molar-refractivity contribution in [3.63, 3.8) is 0 Å². The van der Waals surface area contributed by atoms with Crippen LogP contribution in [-0.4, -0.2) is 98.6 Å². The predicted octanol–water partition coefficient (Wildman–Crippen LogP) is -1.02. The number of carbonyl (C=O) groups is 6. The molecular weight excluding hydrogens is 524 g/mol. The third-order valence-corrected chi connectivity index (χ3v) is 4.99. The quantitative estimate of drug-likeness (QED) is 0.0583. The summed E-state index contributed by atoms with van der Waals surface area (Å²) in [6, 6.07) is -2.46. The Bertz CT molecular complexity index is 955. The van der Waals surface area contributed by atoms with Crippen LogP contribution in [0.2, 0.25) is 0 Å². The van der Waals surface area contributed by atoms with Crippen molar-refractivity contribution in [2.75, 3.05) is 26.3 Å². The van der Waals surface area contributed by atoms with E-state index in [1.165, 1.54) is 13.8 Å². The maximum Gasteiger partial charge on any atom is 0.303 e. The SMILES string of the molecule is CC(=O)N[C@H]1[C@@H](OC[C@H](NC(C)=O)C(=O)NCCCN=[N+]=[N-])O[C@H](COC(C)=O)[C@H](OC(C)=O)[C@@H]1OC(C)=O. The summed E-state index contributed by atoms with van der Waals surface area (Å²) in [5.41, 5.74) is 8.33. The van der Waals surface area contributed by atoms with Crippen LogP contribution < -0.4 is 16.0 Å². The predicted molar refractivity (Wildman–Crippen MR) is 129 cm³/mol. The molecule has 1 heterocycles. The molecule has 1 fully saturated rings. The van der Waals surface area contributed by atoms with Crippen LogP contribution in [0.5, 0.6) is 0 Å². The van der Waals surface area contributed by atoms with E-state index in [9.17, 15) is 28.8 Å². The zero-order chi connectivity index (χ0) is 29.5. The first-order valence-electron chi connectivity index (χ1n) is 11.9. The van der Waals surface area contributed by atoms with Gasteiger partial charge >= 0.3 is 17.9 Å². The smallest absolute Gasteiger partial charge is 0.303 e. The summed E-state index contributed by atoms with van der Waals surface area (Å²) in [7, 11) is 0. The largest absolute Gasteiger partial charge is 0.463 e. The van der Waals surface area contributed by atoms with Gasteiger partial charge in [0.15, 0.2) is 18.5 Å². The van der Waals surface area contributed by atoms with Gasteiger partial charge in [-0.1, -0.05) is 5.11 Å². The highest BCUT2D eigenvalue weighted by atomic mass is 16.7. The van der Waals surface area contributed by atoms with Crippen LogP contribution >= 0.6 is 0 Å². The number of carbonyl (C=O) groups excluding carboxylic acids is 6. The summed E-state index contributed by atoms with van der Waals surface area (Å²) in [4.78, 5) is 74.2. The lowest BCUT2D eigenvalue weighted by atomic mass is 9.96. The second-order valence-electron chi connectivity index (χ2n) is 8.41. The van der Waals surface area contributed by atoms with Gasteiger partial charge in [-0.05, 0) is 12.0 Å². The molecule has 17 heteroatoms. The highest BCUT2D eigenvalue weighted by molar-refractivity contribution is 5.86. The van der Waals surface area contributed by atoms with E-state index in [0.29, 0.717) is 6.42 Å². The van der Waals surface area contributed by atoms with E-state index in [1.807, 2.05) is 0 Å². The zero-order valence-corrected chi connectivity index (χ0v) is 22.3. The Morgan fingerprint density at radius 3 is 2.13 bits per heavy atom. The number of ether oxygens (including phenoxy) is 5. The molecule has 0 aromatic heterocycles. The third-order valence-electron chi connectivity index (χ3n) is 4.99. The Morgan fingerprint density at radius 2 is 1.59 bits per heavy atom. The van der Waals surface area contributed by atoms with E-state index >= 15 is 0 Å². The topological polar surface area (TPSA) is 233 Å². The molecule has 0 aromatic rings. The van der Waals surface area contributed by atoms with Gasteiger partial charge in [0.1, 0.15) is 24.8 Å². The van der Waals surface area contributed by atoms with Crippen LogP contribution in [0.1, 0.15) is 41.0 Å². The molecule has 0 spiro atoms. The fourth-order valence-electron chi connectivity index (χ4n) is 3.58. The molecule has 218 valence electrons. The summed E-state index contributed by atoms with van der Waals surface area (Å²) >= 11 is 0. The number of hydrogen-bond acceptors (Lipinski definition) is 12. The number of azide groups is 1. The molecule has 3 amide bonds. The molecule has 0 aliphatic carbocycles. The minimum absolute atomic E-state index is 0.144. The van der Waals surface area contributed by atoms with Crippen molar-refractivity contribution in [2.45, 2.75) is 77.7 Å². The number of amides is 3. The summed E-state index contributed by atoms with van der Waals surface area (Å²) in [6.07, 6.45) is -4.93. The van der Waals surface area contributed by atoms with E-state index in [2.05, 4.69) is 26.0 Å². The molecule has 1 saturated heterocycles. The zero-order valence-electron chi connectivity index (χ0n) is 22.3. The molecule has 0 radical (unpaired) electrons. The Hall–Kier alpha value is -3.95. The van der Waals surface area contributed by atoms with E-state index in [-0.39, 0.29) is 13.1 Å². The van der Waals surface area contributed by atoms with E-state index in [1.54, 1.807) is 0 Å². The van der Waals surface area contributed by atoms with Crippen LogP contribution in [0, 0.1) is 0 Å². The van der Waals surface area contributed by atoms with Crippen molar-refractivity contribution in [1.29, 1.82) is 0 Å². The molecule has 39 heavy (non-hydrogen) atoms. The number of nitrogens with zero attached hydrogens (tertiary/aromatic N) is 3. The Balaban J connectivity index is 3.23. The van der Waals surface area contributed by atoms with Crippen LogP contribution in [0.25, 0.3) is 10.4 Å². The summed E-state index contributed by atoms with van der Waals surface area (Å²) in [5, 5.41) is 10.9. The van der Waals surface area contributed by atoms with Crippen molar-refractivity contribution >= 4 is 35.6 Å². The summed E-state index contributed by atoms with van der Waals surface area (Å²) in [6.45, 7) is 5.11. The number of hydrogen-bond donors (Lipinski definition) is 3. The molecule has 0 aromatic carbocycles. The first-order valence-corrected chi connectivity index (χ1v) is 11.9. The van der Waals surface area contributed by atoms with Gasteiger partial charge in [-0.2, -0.15) is 0 Å². The lowest BCUT2D eigenvalue weighted by molar-refractivity contribution is -0.278. The fraction of sp³-hybridized carbons (Fsp3) is 0.727. The minimum atomic E-state index is -1.42. The molecule has 6 atom stereocenters. The van der Waals surface area contributed by atoms with Crippen LogP contribution in [0.3, 0.4) is 0 Å². The number of rotatable bonds is 14. The molecule has 0 saturated carbocycles. The fourth-order valence-corrected chi connectivity index (χ4v) is 3.58. The minimum Gasteiger partial charge on any atom is -0.463 e. The molecule has 1 aliphatic rings. The van der Waals surface area contributed by atoms with Crippen molar-refractivity contribution in [1.82, 2.24) is 16.0 Å². The lowest BCUT2D eigenvalue weighted by Gasteiger charge is -2.45. The first-order chi connectivity index (χ1) is 18.3. The first kappa shape index (κ1) is 33.1.